The Balaban J connectivity index is 1.72. The van der Waals surface area contributed by atoms with Crippen LogP contribution in [0.3, 0.4) is 0 Å². The number of rotatable bonds is 5. The lowest BCUT2D eigenvalue weighted by Crippen LogP contribution is -2.27. The van der Waals surface area contributed by atoms with Crippen molar-refractivity contribution in [1.82, 2.24) is 0 Å². The van der Waals surface area contributed by atoms with Crippen molar-refractivity contribution in [3.8, 4) is 0 Å². The minimum Gasteiger partial charge on any atom is -0.0933 e. The van der Waals surface area contributed by atoms with E-state index in [0.29, 0.717) is 0 Å². The van der Waals surface area contributed by atoms with Gasteiger partial charge in [-0.05, 0) is 81.0 Å². The van der Waals surface area contributed by atoms with Gasteiger partial charge in [-0.2, -0.15) is 0 Å². The molecular weight excluding hydrogens is 264 g/mol. The molecule has 0 saturated heterocycles. The van der Waals surface area contributed by atoms with Gasteiger partial charge in [-0.3, -0.25) is 0 Å². The molecule has 1 atom stereocenters. The summed E-state index contributed by atoms with van der Waals surface area (Å²) in [5.41, 5.74) is 1.72. The van der Waals surface area contributed by atoms with Gasteiger partial charge in [0.1, 0.15) is 0 Å². The molecule has 0 heterocycles. The third-order valence-corrected chi connectivity index (χ3v) is 6.25. The lowest BCUT2D eigenvalue weighted by molar-refractivity contribution is 0.133. The van der Waals surface area contributed by atoms with E-state index >= 15 is 0 Å². The minimum absolute atomic E-state index is 0.761. The Labute approximate surface area is 131 Å². The molecule has 2 saturated carbocycles. The van der Waals surface area contributed by atoms with Crippen molar-refractivity contribution in [2.24, 2.45) is 29.6 Å². The van der Waals surface area contributed by atoms with Gasteiger partial charge < -0.3 is 0 Å². The summed E-state index contributed by atoms with van der Waals surface area (Å²) in [6.07, 6.45) is 16.2. The topological polar surface area (TPSA) is 0 Å². The van der Waals surface area contributed by atoms with Crippen LogP contribution in [0.2, 0.25) is 0 Å². The molecule has 2 aliphatic rings. The summed E-state index contributed by atoms with van der Waals surface area (Å²) in [5, 5.41) is 0. The van der Waals surface area contributed by atoms with Crippen LogP contribution in [0.25, 0.3) is 0 Å². The van der Waals surface area contributed by atoms with Gasteiger partial charge in [0, 0.05) is 5.54 Å². The summed E-state index contributed by atoms with van der Waals surface area (Å²) in [5.74, 6) is 4.69. The van der Waals surface area contributed by atoms with Crippen LogP contribution in [-0.2, 0) is 0 Å². The molecular formula is C19H32Cl. The first-order valence-electron chi connectivity index (χ1n) is 8.80. The first kappa shape index (κ1) is 16.4. The van der Waals surface area contributed by atoms with Crippen molar-refractivity contribution in [2.45, 2.75) is 71.1 Å². The Hall–Kier alpha value is 0.0300. The molecule has 0 amide bonds. The van der Waals surface area contributed by atoms with E-state index in [2.05, 4.69) is 19.9 Å². The van der Waals surface area contributed by atoms with Gasteiger partial charge in [0.05, 0.1) is 0 Å². The van der Waals surface area contributed by atoms with Gasteiger partial charge in [-0.1, -0.05) is 44.4 Å². The number of hydrogen-bond donors (Lipinski definition) is 0. The second-order valence-corrected chi connectivity index (χ2v) is 7.54. The van der Waals surface area contributed by atoms with E-state index in [-0.39, 0.29) is 0 Å². The highest BCUT2D eigenvalue weighted by Crippen LogP contribution is 2.43. The molecule has 0 aromatic heterocycles. The first-order chi connectivity index (χ1) is 9.74. The molecule has 0 spiro atoms. The van der Waals surface area contributed by atoms with Crippen molar-refractivity contribution in [3.63, 3.8) is 0 Å². The van der Waals surface area contributed by atoms with Crippen molar-refractivity contribution in [3.05, 3.63) is 18.5 Å². The average Bonchev–Trinajstić information content (AvgIpc) is 2.49. The SMILES string of the molecule is [CH2]CCC(C)[C@H]1CC[C@H]([C@H]2CC[C@H](/C=C/Cl)CC2)CC1. The van der Waals surface area contributed by atoms with Crippen LogP contribution in [0.5, 0.6) is 0 Å². The number of hydrogen-bond acceptors (Lipinski definition) is 0. The van der Waals surface area contributed by atoms with Gasteiger partial charge in [-0.25, -0.2) is 0 Å². The Morgan fingerprint density at radius 1 is 1.00 bits per heavy atom. The van der Waals surface area contributed by atoms with Crippen molar-refractivity contribution >= 4 is 11.6 Å². The van der Waals surface area contributed by atoms with Crippen molar-refractivity contribution in [2.75, 3.05) is 0 Å². The Morgan fingerprint density at radius 3 is 2.05 bits per heavy atom. The molecule has 1 unspecified atom stereocenters. The maximum absolute atomic E-state index is 5.71. The lowest BCUT2D eigenvalue weighted by atomic mass is 9.67. The van der Waals surface area contributed by atoms with E-state index in [9.17, 15) is 0 Å². The quantitative estimate of drug-likeness (QED) is 0.536. The monoisotopic (exact) mass is 295 g/mol. The normalized spacial score (nSPS) is 37.1. The Kier molecular flexibility index (Phi) is 6.94. The number of allylic oxidation sites excluding steroid dienone is 1. The average molecular weight is 296 g/mol. The summed E-state index contributed by atoms with van der Waals surface area (Å²) in [6, 6.07) is 0. The van der Waals surface area contributed by atoms with E-state index < -0.39 is 0 Å². The van der Waals surface area contributed by atoms with Gasteiger partial charge in [-0.15, -0.1) is 0 Å². The van der Waals surface area contributed by atoms with Crippen LogP contribution < -0.4 is 0 Å². The van der Waals surface area contributed by atoms with E-state index in [1.807, 2.05) is 0 Å². The maximum atomic E-state index is 5.71. The molecule has 2 aliphatic carbocycles. The van der Waals surface area contributed by atoms with Crippen molar-refractivity contribution < 1.29 is 0 Å². The molecule has 1 heteroatoms. The number of halogens is 1. The van der Waals surface area contributed by atoms with Crippen molar-refractivity contribution in [1.29, 1.82) is 0 Å². The summed E-state index contributed by atoms with van der Waals surface area (Å²) in [7, 11) is 0. The highest BCUT2D eigenvalue weighted by molar-refractivity contribution is 6.25. The molecule has 0 aromatic rings. The first-order valence-corrected chi connectivity index (χ1v) is 9.24. The molecule has 115 valence electrons. The second kappa shape index (κ2) is 8.47. The molecule has 2 rings (SSSR count). The fraction of sp³-hybridized carbons (Fsp3) is 0.842. The minimum atomic E-state index is 0.761. The molecule has 20 heavy (non-hydrogen) atoms. The highest BCUT2D eigenvalue weighted by atomic mass is 35.5. The van der Waals surface area contributed by atoms with Gasteiger partial charge in [0.25, 0.3) is 0 Å². The molecule has 1 radical (unpaired) electrons. The highest BCUT2D eigenvalue weighted by Gasteiger charge is 2.31. The van der Waals surface area contributed by atoms with Crippen LogP contribution in [0.1, 0.15) is 71.1 Å². The third-order valence-electron chi connectivity index (χ3n) is 6.11. The Bertz CT molecular complexity index is 280. The fourth-order valence-electron chi connectivity index (χ4n) is 4.65. The molecule has 2 fully saturated rings. The molecule has 0 nitrogen and oxygen atoms in total. The van der Waals surface area contributed by atoms with Gasteiger partial charge in [0.15, 0.2) is 0 Å². The standard InChI is InChI=1S/C19H32Cl/c1-3-4-15(2)17-9-11-19(12-10-17)18-7-5-16(6-8-18)13-14-20/h13-19H,1,3-12H2,2H3/b14-13+/t15?,16-,17-,18-,19-. The lowest BCUT2D eigenvalue weighted by Gasteiger charge is -2.38. The largest absolute Gasteiger partial charge is 0.0933 e. The predicted octanol–water partition coefficient (Wildman–Crippen LogP) is 6.60. The summed E-state index contributed by atoms with van der Waals surface area (Å²) < 4.78 is 0. The molecule has 0 N–H and O–H groups in total. The molecule has 0 aliphatic heterocycles. The smallest absolute Gasteiger partial charge is 0.000525 e. The third kappa shape index (κ3) is 4.52. The van der Waals surface area contributed by atoms with Crippen LogP contribution in [0.15, 0.2) is 11.6 Å². The maximum Gasteiger partial charge on any atom is 0.000525 e. The fourth-order valence-corrected chi connectivity index (χ4v) is 4.86. The summed E-state index contributed by atoms with van der Waals surface area (Å²) >= 11 is 5.71. The van der Waals surface area contributed by atoms with Gasteiger partial charge in [0.2, 0.25) is 0 Å². The van der Waals surface area contributed by atoms with Crippen LogP contribution in [0, 0.1) is 36.5 Å². The zero-order valence-electron chi connectivity index (χ0n) is 13.2. The molecule has 0 bridgehead atoms. The molecule has 0 aromatic carbocycles. The van der Waals surface area contributed by atoms with E-state index in [1.54, 1.807) is 5.54 Å². The van der Waals surface area contributed by atoms with Crippen LogP contribution >= 0.6 is 11.6 Å². The van der Waals surface area contributed by atoms with E-state index in [4.69, 9.17) is 11.6 Å². The van der Waals surface area contributed by atoms with E-state index in [1.165, 1.54) is 57.8 Å². The summed E-state index contributed by atoms with van der Waals surface area (Å²) in [6.45, 7) is 6.46. The van der Waals surface area contributed by atoms with E-state index in [0.717, 1.165) is 36.0 Å². The zero-order valence-corrected chi connectivity index (χ0v) is 14.0. The van der Waals surface area contributed by atoms with Crippen LogP contribution in [-0.4, -0.2) is 0 Å². The zero-order chi connectivity index (χ0) is 14.4. The Morgan fingerprint density at radius 2 is 1.55 bits per heavy atom. The predicted molar refractivity (Wildman–Crippen MR) is 89.6 cm³/mol. The second-order valence-electron chi connectivity index (χ2n) is 7.29. The van der Waals surface area contributed by atoms with Gasteiger partial charge >= 0.3 is 0 Å². The summed E-state index contributed by atoms with van der Waals surface area (Å²) in [4.78, 5) is 0. The van der Waals surface area contributed by atoms with Crippen LogP contribution in [0.4, 0.5) is 0 Å².